The Labute approximate surface area is 607 Å². The summed E-state index contributed by atoms with van der Waals surface area (Å²) in [5, 5.41) is 10.6. The van der Waals surface area contributed by atoms with Crippen molar-refractivity contribution in [2.24, 2.45) is 0 Å². The maximum absolute atomic E-state index is 13.1. The van der Waals surface area contributed by atoms with E-state index in [1.54, 1.807) is 0 Å². The summed E-state index contributed by atoms with van der Waals surface area (Å²) < 4.78 is 68.5. The third kappa shape index (κ3) is 72.1. The lowest BCUT2D eigenvalue weighted by atomic mass is 10.1. The van der Waals surface area contributed by atoms with Crippen LogP contribution in [0, 0.1) is 0 Å². The largest absolute Gasteiger partial charge is 0.472 e. The fraction of sp³-hybridized carbons (Fsp3) is 0.728. The summed E-state index contributed by atoms with van der Waals surface area (Å²) in [6.07, 6.45) is 77.8. The molecule has 0 rings (SSSR count). The van der Waals surface area contributed by atoms with E-state index in [1.165, 1.54) is 38.5 Å². The molecular weight excluding hydrogens is 1310 g/mol. The second kappa shape index (κ2) is 73.0. The quantitative estimate of drug-likeness (QED) is 0.0169. The van der Waals surface area contributed by atoms with Gasteiger partial charge in [0.05, 0.1) is 26.4 Å². The van der Waals surface area contributed by atoms with Crippen molar-refractivity contribution in [3.05, 3.63) is 109 Å². The highest BCUT2D eigenvalue weighted by atomic mass is 31.2. The van der Waals surface area contributed by atoms with Gasteiger partial charge in [-0.05, 0) is 122 Å². The molecule has 19 heteroatoms. The molecule has 0 aliphatic carbocycles. The fourth-order valence-corrected chi connectivity index (χ4v) is 12.0. The Morgan fingerprint density at radius 3 is 0.800 bits per heavy atom. The monoisotopic (exact) mass is 1450 g/mol. The molecule has 0 aliphatic rings. The van der Waals surface area contributed by atoms with Crippen LogP contribution < -0.4 is 0 Å². The first-order valence-electron chi connectivity index (χ1n) is 39.1. The van der Waals surface area contributed by atoms with Gasteiger partial charge in [-0.1, -0.05) is 285 Å². The number of hydrogen-bond donors (Lipinski definition) is 3. The highest BCUT2D eigenvalue weighted by Crippen LogP contribution is 2.45. The van der Waals surface area contributed by atoms with Gasteiger partial charge in [0.25, 0.3) is 0 Å². The summed E-state index contributed by atoms with van der Waals surface area (Å²) >= 11 is 0. The van der Waals surface area contributed by atoms with E-state index in [4.69, 9.17) is 37.0 Å². The minimum atomic E-state index is -4.98. The smallest absolute Gasteiger partial charge is 0.462 e. The molecule has 0 aromatic rings. The van der Waals surface area contributed by atoms with Crippen LogP contribution in [0.3, 0.4) is 0 Å². The first kappa shape index (κ1) is 95.7. The second-order valence-electron chi connectivity index (χ2n) is 25.9. The Balaban J connectivity index is 5.34. The van der Waals surface area contributed by atoms with Crippen LogP contribution in [0.15, 0.2) is 109 Å². The molecule has 0 aromatic carbocycles. The second-order valence-corrected chi connectivity index (χ2v) is 28.8. The molecule has 0 spiro atoms. The van der Waals surface area contributed by atoms with Crippen LogP contribution in [-0.4, -0.2) is 96.7 Å². The molecule has 0 bridgehead atoms. The van der Waals surface area contributed by atoms with Gasteiger partial charge < -0.3 is 33.8 Å². The molecule has 576 valence electrons. The number of ether oxygens (including phenoxy) is 4. The van der Waals surface area contributed by atoms with Gasteiger partial charge in [0, 0.05) is 25.7 Å². The highest BCUT2D eigenvalue weighted by Gasteiger charge is 2.30. The Kier molecular flexibility index (Phi) is 69.9. The molecular formula is C81H140O17P2. The maximum Gasteiger partial charge on any atom is 0.472 e. The minimum Gasteiger partial charge on any atom is -0.462 e. The van der Waals surface area contributed by atoms with E-state index in [0.29, 0.717) is 25.7 Å². The molecule has 0 aromatic heterocycles. The lowest BCUT2D eigenvalue weighted by molar-refractivity contribution is -0.161. The summed E-state index contributed by atoms with van der Waals surface area (Å²) in [5.41, 5.74) is 0. The summed E-state index contributed by atoms with van der Waals surface area (Å²) in [6, 6.07) is 0. The molecule has 100 heavy (non-hydrogen) atoms. The van der Waals surface area contributed by atoms with Crippen LogP contribution in [0.5, 0.6) is 0 Å². The zero-order valence-electron chi connectivity index (χ0n) is 62.8. The molecule has 0 aliphatic heterocycles. The first-order valence-corrected chi connectivity index (χ1v) is 42.1. The van der Waals surface area contributed by atoms with Crippen molar-refractivity contribution in [2.45, 2.75) is 341 Å². The van der Waals surface area contributed by atoms with E-state index in [2.05, 4.69) is 137 Å². The van der Waals surface area contributed by atoms with Crippen molar-refractivity contribution in [3.8, 4) is 0 Å². The summed E-state index contributed by atoms with van der Waals surface area (Å²) in [5.74, 6) is -2.20. The molecule has 0 saturated heterocycles. The van der Waals surface area contributed by atoms with Gasteiger partial charge in [-0.2, -0.15) is 0 Å². The normalized spacial score (nSPS) is 14.5. The Morgan fingerprint density at radius 2 is 0.520 bits per heavy atom. The number of aliphatic hydroxyl groups excluding tert-OH is 1. The van der Waals surface area contributed by atoms with Crippen molar-refractivity contribution in [1.29, 1.82) is 0 Å². The third-order valence-electron chi connectivity index (χ3n) is 16.2. The van der Waals surface area contributed by atoms with E-state index in [1.807, 2.05) is 0 Å². The highest BCUT2D eigenvalue weighted by molar-refractivity contribution is 7.47. The number of hydrogen-bond acceptors (Lipinski definition) is 15. The van der Waals surface area contributed by atoms with Gasteiger partial charge in [0.1, 0.15) is 19.3 Å². The van der Waals surface area contributed by atoms with Crippen LogP contribution in [0.1, 0.15) is 323 Å². The molecule has 5 atom stereocenters. The van der Waals surface area contributed by atoms with Crippen molar-refractivity contribution in [1.82, 2.24) is 0 Å². The van der Waals surface area contributed by atoms with Gasteiger partial charge in [0.15, 0.2) is 12.2 Å². The van der Waals surface area contributed by atoms with Crippen LogP contribution in [-0.2, 0) is 65.4 Å². The first-order chi connectivity index (χ1) is 48.7. The predicted octanol–water partition coefficient (Wildman–Crippen LogP) is 22.6. The van der Waals surface area contributed by atoms with Crippen LogP contribution in [0.4, 0.5) is 0 Å². The Hall–Kier alpha value is -4.28. The van der Waals surface area contributed by atoms with E-state index in [9.17, 15) is 43.2 Å². The zero-order chi connectivity index (χ0) is 73.2. The van der Waals surface area contributed by atoms with Crippen molar-refractivity contribution in [2.75, 3.05) is 39.6 Å². The zero-order valence-corrected chi connectivity index (χ0v) is 64.6. The number of carbonyl (C=O) groups excluding carboxylic acids is 4. The number of aliphatic hydroxyl groups is 1. The Morgan fingerprint density at radius 1 is 0.290 bits per heavy atom. The van der Waals surface area contributed by atoms with Gasteiger partial charge in [-0.3, -0.25) is 37.3 Å². The van der Waals surface area contributed by atoms with Crippen LogP contribution in [0.25, 0.3) is 0 Å². The van der Waals surface area contributed by atoms with Crippen LogP contribution in [0.2, 0.25) is 0 Å². The molecule has 0 fully saturated rings. The van der Waals surface area contributed by atoms with Gasteiger partial charge in [0.2, 0.25) is 0 Å². The van der Waals surface area contributed by atoms with E-state index in [-0.39, 0.29) is 25.7 Å². The molecule has 0 radical (unpaired) electrons. The third-order valence-corrected chi connectivity index (χ3v) is 18.1. The van der Waals surface area contributed by atoms with Crippen LogP contribution >= 0.6 is 15.6 Å². The molecule has 0 heterocycles. The standard InChI is InChI=1S/C81H140O17P2/c1-5-9-13-17-21-25-29-32-35-37-40-43-47-50-54-58-62-66-79(84)92-72-77(98-81(86)68-64-60-56-52-48-44-41-38-36-33-30-26-22-18-14-10-6-2)74-96-100(89,90)94-70-75(82)69-93-99(87,88)95-73-76(97-80(85)67-63-59-55-51-45-28-24-20-16-12-8-4)71-91-78(83)65-61-57-53-49-46-42-39-34-31-27-23-19-15-11-7-3/h9-11,13-15,21-23,25-27,32-36,39,75-77,82H,5-8,12,16-20,24,28-31,37-38,40-74H2,1-4H3,(H,87,88)(H,89,90)/b13-9-,14-10-,15-11-,25-21-,26-22-,27-23-,35-32-,36-33-,39-34-. The van der Waals surface area contributed by atoms with Gasteiger partial charge in [-0.15, -0.1) is 0 Å². The fourth-order valence-electron chi connectivity index (χ4n) is 10.4. The summed E-state index contributed by atoms with van der Waals surface area (Å²) in [6.45, 7) is 4.52. The number of phosphoric ester groups is 2. The lowest BCUT2D eigenvalue weighted by Crippen LogP contribution is -2.30. The molecule has 0 amide bonds. The van der Waals surface area contributed by atoms with E-state index >= 15 is 0 Å². The number of unbranched alkanes of at least 4 members (excludes halogenated alkanes) is 29. The molecule has 5 unspecified atom stereocenters. The Bertz CT molecular complexity index is 2320. The average Bonchev–Trinajstić information content (AvgIpc) is 1.00. The van der Waals surface area contributed by atoms with Crippen molar-refractivity contribution < 1.29 is 80.2 Å². The number of allylic oxidation sites excluding steroid dienone is 18. The maximum atomic E-state index is 13.1. The average molecular weight is 1450 g/mol. The topological polar surface area (TPSA) is 237 Å². The van der Waals surface area contributed by atoms with Gasteiger partial charge >= 0.3 is 39.5 Å². The predicted molar refractivity (Wildman–Crippen MR) is 408 cm³/mol. The number of rotatable bonds is 73. The molecule has 17 nitrogen and oxygen atoms in total. The molecule has 3 N–H and O–H groups in total. The lowest BCUT2D eigenvalue weighted by Gasteiger charge is -2.21. The number of esters is 4. The number of carbonyl (C=O) groups is 4. The van der Waals surface area contributed by atoms with Gasteiger partial charge in [-0.25, -0.2) is 9.13 Å². The van der Waals surface area contributed by atoms with E-state index < -0.39 is 97.5 Å². The van der Waals surface area contributed by atoms with Crippen molar-refractivity contribution in [3.63, 3.8) is 0 Å². The van der Waals surface area contributed by atoms with E-state index in [0.717, 1.165) is 205 Å². The minimum absolute atomic E-state index is 0.0806. The number of phosphoric acid groups is 2. The van der Waals surface area contributed by atoms with Crippen molar-refractivity contribution >= 4 is 39.5 Å². The summed E-state index contributed by atoms with van der Waals surface area (Å²) in [4.78, 5) is 72.9. The summed E-state index contributed by atoms with van der Waals surface area (Å²) in [7, 11) is -9.96. The SMILES string of the molecule is CC/C=C\C/C=C\C/C=C\CCCCCCCCCC(=O)OCC(COP(=O)(O)OCC(O)COP(=O)(O)OCC(COC(=O)CCCCCCC/C=C\C/C=C\C/C=C\CC)OC(=O)CCCCCCCCCCCCC)OC(=O)CCCCCCCCC/C=C\C/C=C\C/C=C\CC. The molecule has 0 saturated carbocycles.